The van der Waals surface area contributed by atoms with Gasteiger partial charge in [0.1, 0.15) is 12.4 Å². The van der Waals surface area contributed by atoms with E-state index < -0.39 is 10.0 Å². The van der Waals surface area contributed by atoms with Crippen molar-refractivity contribution in [2.24, 2.45) is 17.8 Å². The standard InChI is InChI=1S/C31H44FN3O4S/c1-34(2)31(27-7-6-8-28(32)21-27)26-13-11-25(12-14-26)22-33-30(36)23-39-20-17-24-15-18-35(19-16-24)40(37,38)29-9-4-3-5-10-29/h3-10,21,24-26,31H,11-20,22-23H2,1-2H3,(H,33,36). The Balaban J connectivity index is 1.09. The maximum atomic E-state index is 13.8. The van der Waals surface area contributed by atoms with Crippen molar-refractivity contribution in [1.82, 2.24) is 14.5 Å². The maximum Gasteiger partial charge on any atom is 0.246 e. The molecule has 1 atom stereocenters. The number of carbonyl (C=O) groups excluding carboxylic acids is 1. The van der Waals surface area contributed by atoms with Gasteiger partial charge in [-0.1, -0.05) is 30.3 Å². The van der Waals surface area contributed by atoms with Crippen LogP contribution in [0.4, 0.5) is 4.39 Å². The molecule has 1 saturated heterocycles. The van der Waals surface area contributed by atoms with Gasteiger partial charge < -0.3 is 15.0 Å². The first-order valence-electron chi connectivity index (χ1n) is 14.6. The van der Waals surface area contributed by atoms with Gasteiger partial charge in [-0.15, -0.1) is 0 Å². The van der Waals surface area contributed by atoms with E-state index in [-0.39, 0.29) is 24.4 Å². The Labute approximate surface area is 239 Å². The number of amides is 1. The van der Waals surface area contributed by atoms with Gasteiger partial charge in [-0.2, -0.15) is 4.31 Å². The molecule has 2 aliphatic rings. The van der Waals surface area contributed by atoms with Gasteiger partial charge in [-0.25, -0.2) is 12.8 Å². The van der Waals surface area contributed by atoms with Crippen LogP contribution in [0.15, 0.2) is 59.5 Å². The fourth-order valence-corrected chi connectivity index (χ4v) is 7.79. The Kier molecular flexibility index (Phi) is 11.1. The number of benzene rings is 2. The van der Waals surface area contributed by atoms with E-state index in [9.17, 15) is 17.6 Å². The van der Waals surface area contributed by atoms with Gasteiger partial charge >= 0.3 is 0 Å². The molecule has 0 aromatic heterocycles. The van der Waals surface area contributed by atoms with Gasteiger partial charge in [0.2, 0.25) is 15.9 Å². The number of hydrogen-bond donors (Lipinski definition) is 1. The molecule has 2 aromatic carbocycles. The summed E-state index contributed by atoms with van der Waals surface area (Å²) in [6, 6.07) is 15.7. The minimum Gasteiger partial charge on any atom is -0.372 e. The molecule has 7 nitrogen and oxygen atoms in total. The number of carbonyl (C=O) groups is 1. The number of nitrogens with one attached hydrogen (secondary N) is 1. The summed E-state index contributed by atoms with van der Waals surface area (Å²) >= 11 is 0. The van der Waals surface area contributed by atoms with Crippen molar-refractivity contribution in [2.75, 3.05) is 46.9 Å². The van der Waals surface area contributed by atoms with Crippen LogP contribution in [0.2, 0.25) is 0 Å². The van der Waals surface area contributed by atoms with Crippen LogP contribution in [0.1, 0.15) is 56.6 Å². The number of ether oxygens (including phenoxy) is 1. The lowest BCUT2D eigenvalue weighted by atomic mass is 9.76. The average molecular weight is 574 g/mol. The quantitative estimate of drug-likeness (QED) is 0.367. The second kappa shape index (κ2) is 14.5. The molecule has 4 rings (SSSR count). The van der Waals surface area contributed by atoms with Gasteiger partial charge in [0.15, 0.2) is 0 Å². The van der Waals surface area contributed by atoms with E-state index in [1.54, 1.807) is 40.7 Å². The summed E-state index contributed by atoms with van der Waals surface area (Å²) in [6.45, 7) is 2.25. The number of rotatable bonds is 12. The van der Waals surface area contributed by atoms with Crippen molar-refractivity contribution in [3.8, 4) is 0 Å². The normalized spacial score (nSPS) is 21.8. The number of hydrogen-bond acceptors (Lipinski definition) is 5. The number of nitrogens with zero attached hydrogens (tertiary/aromatic N) is 2. The van der Waals surface area contributed by atoms with Crippen molar-refractivity contribution in [3.05, 3.63) is 66.0 Å². The second-order valence-electron chi connectivity index (χ2n) is 11.6. The highest BCUT2D eigenvalue weighted by atomic mass is 32.2. The van der Waals surface area contributed by atoms with Crippen molar-refractivity contribution >= 4 is 15.9 Å². The molecule has 9 heteroatoms. The summed E-state index contributed by atoms with van der Waals surface area (Å²) in [6.07, 6.45) is 6.64. The SMILES string of the molecule is CN(C)C(c1cccc(F)c1)C1CCC(CNC(=O)COCCC2CCN(S(=O)(=O)c3ccccc3)CC2)CC1. The lowest BCUT2D eigenvalue weighted by Gasteiger charge is -2.37. The Morgan fingerprint density at radius 1 is 1.00 bits per heavy atom. The van der Waals surface area contributed by atoms with Crippen molar-refractivity contribution in [1.29, 1.82) is 0 Å². The van der Waals surface area contributed by atoms with Crippen LogP contribution < -0.4 is 5.32 Å². The Morgan fingerprint density at radius 3 is 2.35 bits per heavy atom. The summed E-state index contributed by atoms with van der Waals surface area (Å²) in [5.74, 6) is 1.04. The molecular weight excluding hydrogens is 529 g/mol. The maximum absolute atomic E-state index is 13.8. The summed E-state index contributed by atoms with van der Waals surface area (Å²) in [4.78, 5) is 14.9. The molecular formula is C31H44FN3O4S. The van der Waals surface area contributed by atoms with E-state index in [1.807, 2.05) is 12.1 Å². The molecule has 0 radical (unpaired) electrons. The topological polar surface area (TPSA) is 79.0 Å². The van der Waals surface area contributed by atoms with E-state index in [1.165, 1.54) is 6.07 Å². The molecule has 1 N–H and O–H groups in total. The smallest absolute Gasteiger partial charge is 0.246 e. The van der Waals surface area contributed by atoms with E-state index in [2.05, 4.69) is 24.3 Å². The highest BCUT2D eigenvalue weighted by Crippen LogP contribution is 2.39. The zero-order valence-electron chi connectivity index (χ0n) is 23.8. The van der Waals surface area contributed by atoms with Crippen LogP contribution >= 0.6 is 0 Å². The molecule has 2 aromatic rings. The molecule has 1 aliphatic heterocycles. The molecule has 220 valence electrons. The molecule has 1 heterocycles. The molecule has 1 aliphatic carbocycles. The van der Waals surface area contributed by atoms with Gasteiger partial charge in [0, 0.05) is 32.3 Å². The molecule has 1 saturated carbocycles. The lowest BCUT2D eigenvalue weighted by molar-refractivity contribution is -0.126. The first kappa shape index (κ1) is 30.6. The number of piperidine rings is 1. The average Bonchev–Trinajstić information content (AvgIpc) is 2.95. The van der Waals surface area contributed by atoms with Crippen LogP contribution in [-0.2, 0) is 19.6 Å². The van der Waals surface area contributed by atoms with Crippen LogP contribution in [0.3, 0.4) is 0 Å². The largest absolute Gasteiger partial charge is 0.372 e. The minimum atomic E-state index is -3.43. The van der Waals surface area contributed by atoms with Crippen LogP contribution in [-0.4, -0.2) is 70.5 Å². The summed E-state index contributed by atoms with van der Waals surface area (Å²) in [7, 11) is 0.684. The van der Waals surface area contributed by atoms with Gasteiger partial charge in [-0.05, 0) is 107 Å². The van der Waals surface area contributed by atoms with Gasteiger partial charge in [0.05, 0.1) is 4.90 Å². The molecule has 40 heavy (non-hydrogen) atoms. The van der Waals surface area contributed by atoms with Crippen LogP contribution in [0.25, 0.3) is 0 Å². The van der Waals surface area contributed by atoms with E-state index >= 15 is 0 Å². The van der Waals surface area contributed by atoms with Crippen LogP contribution in [0.5, 0.6) is 0 Å². The van der Waals surface area contributed by atoms with E-state index in [0.29, 0.717) is 48.9 Å². The number of sulfonamides is 1. The summed E-state index contributed by atoms with van der Waals surface area (Å²) < 4.78 is 46.6. The third-order valence-electron chi connectivity index (χ3n) is 8.53. The Morgan fingerprint density at radius 2 is 1.70 bits per heavy atom. The number of halogens is 1. The monoisotopic (exact) mass is 573 g/mol. The zero-order valence-corrected chi connectivity index (χ0v) is 24.6. The van der Waals surface area contributed by atoms with Gasteiger partial charge in [0.25, 0.3) is 0 Å². The highest BCUT2D eigenvalue weighted by molar-refractivity contribution is 7.89. The second-order valence-corrected chi connectivity index (χ2v) is 13.5. The van der Waals surface area contributed by atoms with E-state index in [4.69, 9.17) is 4.74 Å². The zero-order chi connectivity index (χ0) is 28.5. The van der Waals surface area contributed by atoms with E-state index in [0.717, 1.165) is 50.5 Å². The third kappa shape index (κ3) is 8.35. The first-order chi connectivity index (χ1) is 19.2. The fourth-order valence-electron chi connectivity index (χ4n) is 6.29. The highest BCUT2D eigenvalue weighted by Gasteiger charge is 2.31. The predicted octanol–water partition coefficient (Wildman–Crippen LogP) is 4.86. The Hall–Kier alpha value is -2.33. The Bertz CT molecular complexity index is 1180. The van der Waals surface area contributed by atoms with Crippen molar-refractivity contribution in [2.45, 2.75) is 55.9 Å². The molecule has 1 amide bonds. The molecule has 0 bridgehead atoms. The fraction of sp³-hybridized carbons (Fsp3) is 0.581. The van der Waals surface area contributed by atoms with Crippen molar-refractivity contribution in [3.63, 3.8) is 0 Å². The third-order valence-corrected chi connectivity index (χ3v) is 10.4. The minimum absolute atomic E-state index is 0.0544. The van der Waals surface area contributed by atoms with Crippen LogP contribution in [0, 0.1) is 23.6 Å². The molecule has 1 unspecified atom stereocenters. The predicted molar refractivity (Wildman–Crippen MR) is 155 cm³/mol. The molecule has 0 spiro atoms. The summed E-state index contributed by atoms with van der Waals surface area (Å²) in [5.41, 5.74) is 1.03. The van der Waals surface area contributed by atoms with Gasteiger partial charge in [-0.3, -0.25) is 4.79 Å². The van der Waals surface area contributed by atoms with Crippen molar-refractivity contribution < 1.29 is 22.3 Å². The summed E-state index contributed by atoms with van der Waals surface area (Å²) in [5, 5.41) is 3.04. The molecule has 2 fully saturated rings. The lowest BCUT2D eigenvalue weighted by Crippen LogP contribution is -2.38. The first-order valence-corrected chi connectivity index (χ1v) is 16.0.